The van der Waals surface area contributed by atoms with E-state index in [0.717, 1.165) is 5.56 Å². The molecule has 0 aliphatic rings. The smallest absolute Gasteiger partial charge is 0.0940 e. The van der Waals surface area contributed by atoms with Crippen molar-refractivity contribution in [2.75, 3.05) is 0 Å². The quantitative estimate of drug-likeness (QED) is 0.852. The van der Waals surface area contributed by atoms with Gasteiger partial charge in [-0.3, -0.25) is 0 Å². The van der Waals surface area contributed by atoms with Crippen molar-refractivity contribution in [3.05, 3.63) is 34.9 Å². The van der Waals surface area contributed by atoms with Crippen molar-refractivity contribution in [2.24, 2.45) is 0 Å². The molecule has 0 unspecified atom stereocenters. The second-order valence-corrected chi connectivity index (χ2v) is 5.62. The third-order valence-corrected chi connectivity index (χ3v) is 2.56. The van der Waals surface area contributed by atoms with Crippen LogP contribution < -0.4 is 5.32 Å². The second-order valence-electron chi connectivity index (χ2n) is 5.18. The third kappa shape index (κ3) is 4.12. The van der Waals surface area contributed by atoms with Gasteiger partial charge in [-0.25, -0.2) is 0 Å². The highest BCUT2D eigenvalue weighted by atomic mass is 35.5. The van der Waals surface area contributed by atoms with Crippen LogP contribution in [0.4, 0.5) is 0 Å². The molecule has 0 radical (unpaired) electrons. The van der Waals surface area contributed by atoms with E-state index in [1.807, 2.05) is 19.1 Å². The first-order valence-corrected chi connectivity index (χ1v) is 5.88. The molecule has 0 saturated heterocycles. The van der Waals surface area contributed by atoms with Crippen LogP contribution in [0.15, 0.2) is 24.3 Å². The van der Waals surface area contributed by atoms with E-state index in [9.17, 15) is 5.11 Å². The molecule has 0 fully saturated rings. The van der Waals surface area contributed by atoms with E-state index in [4.69, 9.17) is 11.6 Å². The molecule has 0 aromatic heterocycles. The zero-order chi connectivity index (χ0) is 12.3. The number of aliphatic hydroxyl groups is 1. The number of nitrogens with one attached hydrogen (secondary N) is 1. The Kier molecular flexibility index (Phi) is 4.36. The summed E-state index contributed by atoms with van der Waals surface area (Å²) in [6, 6.07) is 7.33. The van der Waals surface area contributed by atoms with Crippen molar-refractivity contribution in [3.8, 4) is 0 Å². The van der Waals surface area contributed by atoms with Gasteiger partial charge in [-0.2, -0.15) is 0 Å². The molecule has 3 heteroatoms. The summed E-state index contributed by atoms with van der Waals surface area (Å²) in [4.78, 5) is 0. The van der Waals surface area contributed by atoms with Crippen LogP contribution in [0.5, 0.6) is 0 Å². The summed E-state index contributed by atoms with van der Waals surface area (Å²) in [6.07, 6.45) is -0.544. The van der Waals surface area contributed by atoms with Crippen molar-refractivity contribution in [3.63, 3.8) is 0 Å². The van der Waals surface area contributed by atoms with Gasteiger partial charge in [-0.1, -0.05) is 23.7 Å². The lowest BCUT2D eigenvalue weighted by atomic mass is 10.00. The molecule has 1 aromatic rings. The summed E-state index contributed by atoms with van der Waals surface area (Å²) in [5.74, 6) is 0. The molecule has 1 aromatic carbocycles. The first kappa shape index (κ1) is 13.5. The van der Waals surface area contributed by atoms with Crippen molar-refractivity contribution in [2.45, 2.75) is 45.4 Å². The first-order valence-electron chi connectivity index (χ1n) is 5.51. The van der Waals surface area contributed by atoms with E-state index in [2.05, 4.69) is 26.1 Å². The summed E-state index contributed by atoms with van der Waals surface area (Å²) in [6.45, 7) is 8.20. The van der Waals surface area contributed by atoms with Crippen molar-refractivity contribution in [1.82, 2.24) is 5.32 Å². The average molecular weight is 242 g/mol. The van der Waals surface area contributed by atoms with Gasteiger partial charge in [0.2, 0.25) is 0 Å². The number of hydrogen-bond donors (Lipinski definition) is 2. The van der Waals surface area contributed by atoms with Crippen LogP contribution in [0.2, 0.25) is 5.02 Å². The van der Waals surface area contributed by atoms with Crippen LogP contribution in [0, 0.1) is 0 Å². The maximum absolute atomic E-state index is 10.2. The van der Waals surface area contributed by atoms with Gasteiger partial charge in [0.25, 0.3) is 0 Å². The Morgan fingerprint density at radius 3 is 2.44 bits per heavy atom. The summed E-state index contributed by atoms with van der Waals surface area (Å²) < 4.78 is 0. The van der Waals surface area contributed by atoms with Gasteiger partial charge in [0, 0.05) is 16.6 Å². The van der Waals surface area contributed by atoms with Gasteiger partial charge in [-0.05, 0) is 45.4 Å². The molecule has 0 saturated carbocycles. The highest BCUT2D eigenvalue weighted by molar-refractivity contribution is 6.30. The molecule has 0 aliphatic heterocycles. The Labute approximate surface area is 103 Å². The fraction of sp³-hybridized carbons (Fsp3) is 0.538. The molecule has 0 aliphatic carbocycles. The minimum Gasteiger partial charge on any atom is -0.387 e. The molecule has 16 heavy (non-hydrogen) atoms. The van der Waals surface area contributed by atoms with E-state index in [1.54, 1.807) is 12.1 Å². The van der Waals surface area contributed by atoms with Gasteiger partial charge in [-0.15, -0.1) is 0 Å². The fourth-order valence-corrected chi connectivity index (χ4v) is 1.94. The Hall–Kier alpha value is -0.570. The molecule has 2 atom stereocenters. The van der Waals surface area contributed by atoms with Crippen LogP contribution in [-0.2, 0) is 0 Å². The molecule has 0 heterocycles. The summed E-state index contributed by atoms with van der Waals surface area (Å²) in [5, 5.41) is 14.2. The summed E-state index contributed by atoms with van der Waals surface area (Å²) >= 11 is 5.90. The summed E-state index contributed by atoms with van der Waals surface area (Å²) in [5.41, 5.74) is 0.829. The molecule has 1 rings (SSSR count). The fourth-order valence-electron chi connectivity index (χ4n) is 1.74. The highest BCUT2D eigenvalue weighted by Crippen LogP contribution is 2.21. The topological polar surface area (TPSA) is 32.3 Å². The SMILES string of the molecule is C[C@@H](NC(C)(C)C)[C@@H](O)c1cccc(Cl)c1. The standard InChI is InChI=1S/C13H20ClNO/c1-9(15-13(2,3)4)12(16)10-6-5-7-11(14)8-10/h5-9,12,15-16H,1-4H3/t9-,12-/m1/s1. The number of rotatable bonds is 3. The lowest BCUT2D eigenvalue weighted by Crippen LogP contribution is -2.44. The highest BCUT2D eigenvalue weighted by Gasteiger charge is 2.21. The monoisotopic (exact) mass is 241 g/mol. The van der Waals surface area contributed by atoms with Crippen LogP contribution in [0.1, 0.15) is 39.4 Å². The summed E-state index contributed by atoms with van der Waals surface area (Å²) in [7, 11) is 0. The Bertz CT molecular complexity index is 346. The lowest BCUT2D eigenvalue weighted by Gasteiger charge is -2.29. The van der Waals surface area contributed by atoms with Crippen LogP contribution in [0.3, 0.4) is 0 Å². The maximum Gasteiger partial charge on any atom is 0.0940 e. The number of halogens is 1. The third-order valence-electron chi connectivity index (χ3n) is 2.32. The molecule has 2 nitrogen and oxygen atoms in total. The first-order chi connectivity index (χ1) is 7.29. The van der Waals surface area contributed by atoms with Crippen LogP contribution in [0.25, 0.3) is 0 Å². The van der Waals surface area contributed by atoms with Gasteiger partial charge in [0.15, 0.2) is 0 Å². The van der Waals surface area contributed by atoms with Crippen LogP contribution >= 0.6 is 11.6 Å². The number of benzene rings is 1. The van der Waals surface area contributed by atoms with E-state index < -0.39 is 6.10 Å². The van der Waals surface area contributed by atoms with E-state index in [-0.39, 0.29) is 11.6 Å². The molecule has 2 N–H and O–H groups in total. The largest absolute Gasteiger partial charge is 0.387 e. The average Bonchev–Trinajstić information content (AvgIpc) is 2.14. The Morgan fingerprint density at radius 1 is 1.31 bits per heavy atom. The van der Waals surface area contributed by atoms with Crippen molar-refractivity contribution in [1.29, 1.82) is 0 Å². The van der Waals surface area contributed by atoms with E-state index >= 15 is 0 Å². The van der Waals surface area contributed by atoms with Crippen LogP contribution in [-0.4, -0.2) is 16.7 Å². The van der Waals surface area contributed by atoms with Gasteiger partial charge < -0.3 is 10.4 Å². The molecule has 0 bridgehead atoms. The number of hydrogen-bond acceptors (Lipinski definition) is 2. The minimum atomic E-state index is -0.544. The Balaban J connectivity index is 2.74. The van der Waals surface area contributed by atoms with Gasteiger partial charge in [0.05, 0.1) is 6.10 Å². The minimum absolute atomic E-state index is 0.0149. The van der Waals surface area contributed by atoms with Crippen molar-refractivity contribution >= 4 is 11.6 Å². The van der Waals surface area contributed by atoms with Gasteiger partial charge in [0.1, 0.15) is 0 Å². The van der Waals surface area contributed by atoms with Crippen molar-refractivity contribution < 1.29 is 5.11 Å². The molecule has 90 valence electrons. The van der Waals surface area contributed by atoms with E-state index in [1.165, 1.54) is 0 Å². The molecule has 0 amide bonds. The maximum atomic E-state index is 10.2. The second kappa shape index (κ2) is 5.17. The number of aliphatic hydroxyl groups excluding tert-OH is 1. The lowest BCUT2D eigenvalue weighted by molar-refractivity contribution is 0.121. The predicted octanol–water partition coefficient (Wildman–Crippen LogP) is 3.15. The molecular weight excluding hydrogens is 222 g/mol. The van der Waals surface area contributed by atoms with E-state index in [0.29, 0.717) is 5.02 Å². The Morgan fingerprint density at radius 2 is 1.94 bits per heavy atom. The zero-order valence-electron chi connectivity index (χ0n) is 10.3. The predicted molar refractivity (Wildman–Crippen MR) is 68.8 cm³/mol. The normalized spacial score (nSPS) is 15.9. The van der Waals surface area contributed by atoms with Gasteiger partial charge >= 0.3 is 0 Å². The molecule has 0 spiro atoms. The zero-order valence-corrected chi connectivity index (χ0v) is 11.0. The molecular formula is C13H20ClNO.